The number of hydrogen-bond donors (Lipinski definition) is 1. The average molecular weight is 266 g/mol. The van der Waals surface area contributed by atoms with Crippen LogP contribution in [0.4, 0.5) is 0 Å². The Morgan fingerprint density at radius 1 is 0.950 bits per heavy atom. The zero-order chi connectivity index (χ0) is 14.2. The van der Waals surface area contributed by atoms with Crippen LogP contribution < -0.4 is 4.74 Å². The van der Waals surface area contributed by atoms with Crippen LogP contribution in [0.5, 0.6) is 5.75 Å². The maximum atomic E-state index is 9.95. The first-order valence-electron chi connectivity index (χ1n) is 6.51. The summed E-state index contributed by atoms with van der Waals surface area (Å²) in [6.45, 7) is 0. The number of methoxy groups -OCH3 is 1. The second kappa shape index (κ2) is 7.31. The maximum Gasteiger partial charge on any atom is 0.118 e. The lowest BCUT2D eigenvalue weighted by Crippen LogP contribution is -1.91. The Hall–Kier alpha value is -2.32. The smallest absolute Gasteiger partial charge is 0.118 e. The number of aliphatic hydroxyl groups is 1. The topological polar surface area (TPSA) is 29.5 Å². The molecule has 0 bridgehead atoms. The van der Waals surface area contributed by atoms with E-state index < -0.39 is 6.10 Å². The summed E-state index contributed by atoms with van der Waals surface area (Å²) in [5.41, 5.74) is 1.98. The first-order valence-corrected chi connectivity index (χ1v) is 6.51. The van der Waals surface area contributed by atoms with Gasteiger partial charge in [-0.25, -0.2) is 0 Å². The van der Waals surface area contributed by atoms with Crippen LogP contribution in [0.3, 0.4) is 0 Å². The molecule has 0 aliphatic heterocycles. The monoisotopic (exact) mass is 266 g/mol. The molecule has 0 aliphatic rings. The van der Waals surface area contributed by atoms with Crippen LogP contribution in [-0.4, -0.2) is 12.2 Å². The van der Waals surface area contributed by atoms with Crippen LogP contribution in [0.2, 0.25) is 0 Å². The van der Waals surface area contributed by atoms with Gasteiger partial charge in [-0.05, 0) is 23.3 Å². The van der Waals surface area contributed by atoms with Crippen LogP contribution in [0, 0.1) is 0 Å². The quantitative estimate of drug-likeness (QED) is 0.829. The lowest BCUT2D eigenvalue weighted by Gasteiger charge is -2.03. The van der Waals surface area contributed by atoms with Gasteiger partial charge in [0.2, 0.25) is 0 Å². The largest absolute Gasteiger partial charge is 0.497 e. The Morgan fingerprint density at radius 3 is 2.30 bits per heavy atom. The van der Waals surface area contributed by atoms with E-state index in [1.807, 2.05) is 72.8 Å². The fraction of sp³-hybridized carbons (Fsp3) is 0.111. The molecule has 2 aromatic rings. The molecule has 2 heteroatoms. The van der Waals surface area contributed by atoms with Gasteiger partial charge in [-0.2, -0.15) is 0 Å². The van der Waals surface area contributed by atoms with E-state index in [2.05, 4.69) is 0 Å². The van der Waals surface area contributed by atoms with Crippen molar-refractivity contribution < 1.29 is 9.84 Å². The van der Waals surface area contributed by atoms with E-state index in [0.29, 0.717) is 0 Å². The van der Waals surface area contributed by atoms with Crippen molar-refractivity contribution in [1.29, 1.82) is 0 Å². The number of rotatable bonds is 5. The molecule has 0 spiro atoms. The highest BCUT2D eigenvalue weighted by Gasteiger charge is 1.99. The SMILES string of the molecule is COc1ccc(/C=C/C=C/C(O)c2ccccc2)cc1. The lowest BCUT2D eigenvalue weighted by molar-refractivity contribution is 0.228. The minimum atomic E-state index is -0.572. The second-order valence-electron chi connectivity index (χ2n) is 4.37. The zero-order valence-electron chi connectivity index (χ0n) is 11.4. The van der Waals surface area contributed by atoms with Crippen LogP contribution in [-0.2, 0) is 0 Å². The van der Waals surface area contributed by atoms with Gasteiger partial charge in [0.25, 0.3) is 0 Å². The molecule has 0 saturated heterocycles. The predicted molar refractivity (Wildman–Crippen MR) is 82.6 cm³/mol. The summed E-state index contributed by atoms with van der Waals surface area (Å²) in [7, 11) is 1.65. The fourth-order valence-corrected chi connectivity index (χ4v) is 1.81. The van der Waals surface area contributed by atoms with Crippen molar-refractivity contribution in [1.82, 2.24) is 0 Å². The van der Waals surface area contributed by atoms with Gasteiger partial charge in [0.05, 0.1) is 13.2 Å². The van der Waals surface area contributed by atoms with Gasteiger partial charge in [-0.15, -0.1) is 0 Å². The molecule has 1 unspecified atom stereocenters. The van der Waals surface area contributed by atoms with Crippen LogP contribution in [0.1, 0.15) is 17.2 Å². The standard InChI is InChI=1S/C18H18O2/c1-20-17-13-11-15(12-14-17)7-5-6-10-18(19)16-8-3-2-4-9-16/h2-14,18-19H,1H3/b7-5+,10-6+. The Balaban J connectivity index is 1.93. The molecule has 2 rings (SSSR count). The Bertz CT molecular complexity index is 568. The van der Waals surface area contributed by atoms with Gasteiger partial charge in [0, 0.05) is 0 Å². The van der Waals surface area contributed by atoms with E-state index in [4.69, 9.17) is 4.74 Å². The normalized spacial score (nSPS) is 12.9. The van der Waals surface area contributed by atoms with Gasteiger partial charge >= 0.3 is 0 Å². The van der Waals surface area contributed by atoms with Crippen molar-refractivity contribution in [3.63, 3.8) is 0 Å². The Kier molecular flexibility index (Phi) is 5.15. The maximum absolute atomic E-state index is 9.95. The van der Waals surface area contributed by atoms with Crippen molar-refractivity contribution >= 4 is 6.08 Å². The summed E-state index contributed by atoms with van der Waals surface area (Å²) in [5, 5.41) is 9.95. The van der Waals surface area contributed by atoms with Gasteiger partial charge in [0.1, 0.15) is 5.75 Å². The van der Waals surface area contributed by atoms with Gasteiger partial charge in [-0.3, -0.25) is 0 Å². The summed E-state index contributed by atoms with van der Waals surface area (Å²) in [5.74, 6) is 0.845. The molecule has 0 radical (unpaired) electrons. The van der Waals surface area contributed by atoms with Gasteiger partial charge in [0.15, 0.2) is 0 Å². The van der Waals surface area contributed by atoms with Crippen molar-refractivity contribution in [3.8, 4) is 5.75 Å². The Morgan fingerprint density at radius 2 is 1.65 bits per heavy atom. The number of hydrogen-bond acceptors (Lipinski definition) is 2. The molecular weight excluding hydrogens is 248 g/mol. The molecule has 0 amide bonds. The molecule has 1 atom stereocenters. The molecule has 2 nitrogen and oxygen atoms in total. The number of aliphatic hydroxyl groups excluding tert-OH is 1. The van der Waals surface area contributed by atoms with Crippen LogP contribution >= 0.6 is 0 Å². The lowest BCUT2D eigenvalue weighted by atomic mass is 10.1. The minimum Gasteiger partial charge on any atom is -0.497 e. The average Bonchev–Trinajstić information content (AvgIpc) is 2.53. The number of allylic oxidation sites excluding steroid dienone is 2. The van der Waals surface area contributed by atoms with E-state index in [1.54, 1.807) is 13.2 Å². The van der Waals surface area contributed by atoms with E-state index in [-0.39, 0.29) is 0 Å². The van der Waals surface area contributed by atoms with Crippen molar-refractivity contribution in [3.05, 3.63) is 84.0 Å². The molecule has 0 aliphatic carbocycles. The van der Waals surface area contributed by atoms with E-state index in [1.165, 1.54) is 0 Å². The molecule has 1 N–H and O–H groups in total. The first-order chi connectivity index (χ1) is 9.79. The molecule has 20 heavy (non-hydrogen) atoms. The number of ether oxygens (including phenoxy) is 1. The fourth-order valence-electron chi connectivity index (χ4n) is 1.81. The summed E-state index contributed by atoms with van der Waals surface area (Å²) in [4.78, 5) is 0. The van der Waals surface area contributed by atoms with E-state index in [0.717, 1.165) is 16.9 Å². The van der Waals surface area contributed by atoms with Gasteiger partial charge in [-0.1, -0.05) is 66.8 Å². The van der Waals surface area contributed by atoms with Crippen molar-refractivity contribution in [2.45, 2.75) is 6.10 Å². The summed E-state index contributed by atoms with van der Waals surface area (Å²) in [6.07, 6.45) is 6.93. The Labute approximate surface area is 119 Å². The second-order valence-corrected chi connectivity index (χ2v) is 4.37. The third-order valence-electron chi connectivity index (χ3n) is 2.95. The first kappa shape index (κ1) is 14.1. The third-order valence-corrected chi connectivity index (χ3v) is 2.95. The predicted octanol–water partition coefficient (Wildman–Crippen LogP) is 4.00. The molecule has 102 valence electrons. The molecule has 0 heterocycles. The summed E-state index contributed by atoms with van der Waals surface area (Å²) < 4.78 is 5.10. The van der Waals surface area contributed by atoms with E-state index in [9.17, 15) is 5.11 Å². The molecular formula is C18H18O2. The highest BCUT2D eigenvalue weighted by molar-refractivity contribution is 5.52. The highest BCUT2D eigenvalue weighted by Crippen LogP contribution is 2.14. The molecule has 0 saturated carbocycles. The van der Waals surface area contributed by atoms with Crippen molar-refractivity contribution in [2.75, 3.05) is 7.11 Å². The summed E-state index contributed by atoms with van der Waals surface area (Å²) >= 11 is 0. The van der Waals surface area contributed by atoms with Crippen LogP contribution in [0.25, 0.3) is 6.08 Å². The third kappa shape index (κ3) is 4.11. The molecule has 0 fully saturated rings. The van der Waals surface area contributed by atoms with Gasteiger partial charge < -0.3 is 9.84 Å². The minimum absolute atomic E-state index is 0.572. The van der Waals surface area contributed by atoms with Crippen LogP contribution in [0.15, 0.2) is 72.8 Å². The highest BCUT2D eigenvalue weighted by atomic mass is 16.5. The van der Waals surface area contributed by atoms with Crippen molar-refractivity contribution in [2.24, 2.45) is 0 Å². The number of benzene rings is 2. The molecule has 2 aromatic carbocycles. The van der Waals surface area contributed by atoms with E-state index >= 15 is 0 Å². The zero-order valence-corrected chi connectivity index (χ0v) is 11.4. The summed E-state index contributed by atoms with van der Waals surface area (Å²) in [6, 6.07) is 17.4. The molecule has 0 aromatic heterocycles.